The summed E-state index contributed by atoms with van der Waals surface area (Å²) in [6.07, 6.45) is 1.61. The molecule has 0 radical (unpaired) electrons. The molecule has 2 aliphatic rings. The van der Waals surface area contributed by atoms with Crippen molar-refractivity contribution >= 4 is 44.1 Å². The van der Waals surface area contributed by atoms with Crippen molar-refractivity contribution in [3.8, 4) is 11.5 Å². The molecule has 192 valence electrons. The van der Waals surface area contributed by atoms with Crippen LogP contribution in [0.5, 0.6) is 11.5 Å². The van der Waals surface area contributed by atoms with Crippen LogP contribution in [0.25, 0.3) is 16.0 Å². The maximum Gasteiger partial charge on any atom is 0.301 e. The van der Waals surface area contributed by atoms with Crippen LogP contribution in [0, 0.1) is 0 Å². The van der Waals surface area contributed by atoms with Gasteiger partial charge in [-0.2, -0.15) is 0 Å². The lowest BCUT2D eigenvalue weighted by molar-refractivity contribution is -0.132. The molecule has 0 saturated carbocycles. The van der Waals surface area contributed by atoms with E-state index in [4.69, 9.17) is 9.47 Å². The average molecular weight is 527 g/mol. The number of fused-ring (bicyclic) bond motifs is 2. The Morgan fingerprint density at radius 2 is 1.92 bits per heavy atom. The molecular weight excluding hydrogens is 500 g/mol. The van der Waals surface area contributed by atoms with Gasteiger partial charge in [-0.25, -0.2) is 4.98 Å². The summed E-state index contributed by atoms with van der Waals surface area (Å²) in [7, 11) is 1.59. The molecular formula is C30H26N2O5S. The van der Waals surface area contributed by atoms with Gasteiger partial charge in [0.15, 0.2) is 5.13 Å². The number of hydrogen-bond donors (Lipinski definition) is 1. The second kappa shape index (κ2) is 9.29. The number of ketones is 1. The molecule has 3 heterocycles. The number of amides is 1. The van der Waals surface area contributed by atoms with Crippen LogP contribution >= 0.6 is 11.3 Å². The van der Waals surface area contributed by atoms with Gasteiger partial charge in [0.05, 0.1) is 28.9 Å². The first kappa shape index (κ1) is 24.2. The molecule has 6 rings (SSSR count). The quantitative estimate of drug-likeness (QED) is 0.200. The Bertz CT molecular complexity index is 1620. The molecule has 2 atom stereocenters. The smallest absolute Gasteiger partial charge is 0.301 e. The highest BCUT2D eigenvalue weighted by atomic mass is 32.1. The van der Waals surface area contributed by atoms with Gasteiger partial charge < -0.3 is 14.6 Å². The van der Waals surface area contributed by atoms with Crippen LogP contribution in [0.1, 0.15) is 42.1 Å². The minimum absolute atomic E-state index is 0.0442. The number of anilines is 1. The van der Waals surface area contributed by atoms with Gasteiger partial charge in [0.2, 0.25) is 0 Å². The van der Waals surface area contributed by atoms with Crippen LogP contribution in [0.15, 0.2) is 66.2 Å². The number of Topliss-reactive ketones (excluding diaryl/α,β-unsaturated/α-hetero) is 1. The molecule has 2 aliphatic heterocycles. The molecule has 1 amide bonds. The number of carbonyl (C=O) groups excluding carboxylic acids is 2. The summed E-state index contributed by atoms with van der Waals surface area (Å²) in [4.78, 5) is 33.2. The number of aliphatic hydroxyl groups excluding tert-OH is 1. The second-order valence-corrected chi connectivity index (χ2v) is 10.6. The first-order chi connectivity index (χ1) is 18.4. The number of nitrogens with zero attached hydrogens (tertiary/aromatic N) is 2. The van der Waals surface area contributed by atoms with Gasteiger partial charge in [0.1, 0.15) is 23.4 Å². The highest BCUT2D eigenvalue weighted by molar-refractivity contribution is 7.22. The Balaban J connectivity index is 1.52. The molecule has 1 saturated heterocycles. The van der Waals surface area contributed by atoms with E-state index in [1.807, 2.05) is 49.4 Å². The van der Waals surface area contributed by atoms with E-state index in [0.717, 1.165) is 33.6 Å². The molecule has 0 bridgehead atoms. The summed E-state index contributed by atoms with van der Waals surface area (Å²) in [5.41, 5.74) is 4.02. The molecule has 0 unspecified atom stereocenters. The van der Waals surface area contributed by atoms with Crippen molar-refractivity contribution in [3.05, 3.63) is 88.5 Å². The van der Waals surface area contributed by atoms with Gasteiger partial charge in [-0.3, -0.25) is 14.5 Å². The van der Waals surface area contributed by atoms with E-state index in [-0.39, 0.29) is 17.4 Å². The van der Waals surface area contributed by atoms with Crippen LogP contribution in [-0.2, 0) is 22.4 Å². The van der Waals surface area contributed by atoms with Gasteiger partial charge in [-0.15, -0.1) is 0 Å². The molecule has 0 aliphatic carbocycles. The van der Waals surface area contributed by atoms with E-state index in [1.54, 1.807) is 25.3 Å². The molecule has 3 aromatic carbocycles. The van der Waals surface area contributed by atoms with Gasteiger partial charge in [0.25, 0.3) is 5.78 Å². The summed E-state index contributed by atoms with van der Waals surface area (Å²) in [6.45, 7) is 4.05. The van der Waals surface area contributed by atoms with Gasteiger partial charge in [-0.05, 0) is 66.4 Å². The van der Waals surface area contributed by atoms with E-state index >= 15 is 0 Å². The maximum absolute atomic E-state index is 13.5. The molecule has 38 heavy (non-hydrogen) atoms. The number of aryl methyl sites for hydroxylation is 1. The fourth-order valence-electron chi connectivity index (χ4n) is 5.13. The Morgan fingerprint density at radius 1 is 1.13 bits per heavy atom. The number of carbonyl (C=O) groups is 2. The van der Waals surface area contributed by atoms with E-state index < -0.39 is 17.7 Å². The summed E-state index contributed by atoms with van der Waals surface area (Å²) < 4.78 is 12.0. The lowest BCUT2D eigenvalue weighted by Gasteiger charge is -2.23. The van der Waals surface area contributed by atoms with Crippen molar-refractivity contribution in [3.63, 3.8) is 0 Å². The van der Waals surface area contributed by atoms with E-state index in [2.05, 4.69) is 11.9 Å². The van der Waals surface area contributed by atoms with Crippen molar-refractivity contribution < 1.29 is 24.2 Å². The summed E-state index contributed by atoms with van der Waals surface area (Å²) in [6, 6.07) is 17.8. The molecule has 1 fully saturated rings. The predicted molar refractivity (Wildman–Crippen MR) is 147 cm³/mol. The number of aliphatic hydroxyl groups is 1. The normalized spacial score (nSPS) is 20.1. The zero-order valence-electron chi connectivity index (χ0n) is 21.2. The molecule has 1 N–H and O–H groups in total. The maximum atomic E-state index is 13.5. The minimum atomic E-state index is -0.827. The molecule has 1 aromatic heterocycles. The molecule has 0 spiro atoms. The summed E-state index contributed by atoms with van der Waals surface area (Å²) >= 11 is 1.30. The fraction of sp³-hybridized carbons (Fsp3) is 0.233. The third kappa shape index (κ3) is 3.92. The molecule has 8 heteroatoms. The second-order valence-electron chi connectivity index (χ2n) is 9.55. The third-order valence-electron chi connectivity index (χ3n) is 7.11. The zero-order chi connectivity index (χ0) is 26.6. The van der Waals surface area contributed by atoms with Gasteiger partial charge in [0, 0.05) is 12.0 Å². The van der Waals surface area contributed by atoms with Crippen molar-refractivity contribution in [2.75, 3.05) is 12.0 Å². The van der Waals surface area contributed by atoms with Crippen molar-refractivity contribution in [2.45, 2.75) is 38.8 Å². The topological polar surface area (TPSA) is 89.0 Å². The first-order valence-corrected chi connectivity index (χ1v) is 13.3. The van der Waals surface area contributed by atoms with Crippen molar-refractivity contribution in [2.24, 2.45) is 0 Å². The highest BCUT2D eigenvalue weighted by Crippen LogP contribution is 2.45. The number of ether oxygens (including phenoxy) is 2. The minimum Gasteiger partial charge on any atom is -0.507 e. The fourth-order valence-corrected chi connectivity index (χ4v) is 6.15. The predicted octanol–water partition coefficient (Wildman–Crippen LogP) is 5.82. The van der Waals surface area contributed by atoms with E-state index in [1.165, 1.54) is 16.2 Å². The monoisotopic (exact) mass is 526 g/mol. The average Bonchev–Trinajstić information content (AvgIpc) is 3.60. The highest BCUT2D eigenvalue weighted by Gasteiger charge is 2.48. The Hall–Kier alpha value is -4.17. The molecule has 4 aromatic rings. The van der Waals surface area contributed by atoms with Crippen molar-refractivity contribution in [1.82, 2.24) is 4.98 Å². The standard InChI is InChI=1S/C30H26N2O5S/c1-4-17-5-7-18(8-6-17)26-25(27(33)19-9-12-23-20(14-19)13-16(2)37-23)28(34)29(35)32(26)30-31-22-11-10-21(36-3)15-24(22)38-30/h5-12,14-16,26,33H,4,13H2,1-3H3/t16-,26-/m0/s1. The number of thiazole rings is 1. The third-order valence-corrected chi connectivity index (χ3v) is 8.13. The van der Waals surface area contributed by atoms with Gasteiger partial charge in [-0.1, -0.05) is 42.5 Å². The lowest BCUT2D eigenvalue weighted by Crippen LogP contribution is -2.29. The van der Waals surface area contributed by atoms with Crippen LogP contribution in [-0.4, -0.2) is 35.0 Å². The first-order valence-electron chi connectivity index (χ1n) is 12.5. The van der Waals surface area contributed by atoms with Gasteiger partial charge >= 0.3 is 5.91 Å². The number of methoxy groups -OCH3 is 1. The van der Waals surface area contributed by atoms with Crippen LogP contribution in [0.2, 0.25) is 0 Å². The number of aromatic nitrogens is 1. The SMILES string of the molecule is CCc1ccc([C@H]2C(=C(O)c3ccc4c(c3)C[C@H](C)O4)C(=O)C(=O)N2c2nc3ccc(OC)cc3s2)cc1. The van der Waals surface area contributed by atoms with Crippen LogP contribution < -0.4 is 14.4 Å². The number of hydrogen-bond acceptors (Lipinski definition) is 7. The lowest BCUT2D eigenvalue weighted by atomic mass is 9.94. The van der Waals surface area contributed by atoms with Crippen molar-refractivity contribution in [1.29, 1.82) is 0 Å². The Kier molecular flexibility index (Phi) is 5.91. The van der Waals surface area contributed by atoms with Crippen LogP contribution in [0.4, 0.5) is 5.13 Å². The summed E-state index contributed by atoms with van der Waals surface area (Å²) in [5.74, 6) is -0.225. The molecule has 7 nitrogen and oxygen atoms in total. The van der Waals surface area contributed by atoms with Crippen LogP contribution in [0.3, 0.4) is 0 Å². The Morgan fingerprint density at radius 3 is 2.66 bits per heavy atom. The number of rotatable bonds is 5. The Labute approximate surface area is 224 Å². The largest absolute Gasteiger partial charge is 0.507 e. The number of benzene rings is 3. The van der Waals surface area contributed by atoms with E-state index in [9.17, 15) is 14.7 Å². The zero-order valence-corrected chi connectivity index (χ0v) is 22.0. The summed E-state index contributed by atoms with van der Waals surface area (Å²) in [5, 5.41) is 11.9. The van der Waals surface area contributed by atoms with E-state index in [0.29, 0.717) is 28.4 Å².